The van der Waals surface area contributed by atoms with Gasteiger partial charge < -0.3 is 10.2 Å². The number of hydrogen-bond donors (Lipinski definition) is 2. The molecule has 0 saturated carbocycles. The number of halogens is 1. The molecule has 88 valence electrons. The molecule has 0 bridgehead atoms. The molecule has 0 fully saturated rings. The van der Waals surface area contributed by atoms with Crippen molar-refractivity contribution in [1.82, 2.24) is 9.97 Å². The summed E-state index contributed by atoms with van der Waals surface area (Å²) in [5.41, 5.74) is 3.47. The third kappa shape index (κ3) is 2.16. The van der Waals surface area contributed by atoms with Crippen molar-refractivity contribution in [2.75, 3.05) is 12.5 Å². The Hall–Kier alpha value is -2.21. The average molecular weight is 234 g/mol. The SMILES string of the molecule is COc1ccc(-c2nccnc2NN)cc1F. The number of anilines is 1. The maximum absolute atomic E-state index is 13.5. The van der Waals surface area contributed by atoms with Crippen molar-refractivity contribution in [2.45, 2.75) is 0 Å². The predicted molar refractivity (Wildman–Crippen MR) is 61.8 cm³/mol. The van der Waals surface area contributed by atoms with E-state index in [1.165, 1.54) is 31.6 Å². The van der Waals surface area contributed by atoms with E-state index in [1.54, 1.807) is 6.07 Å². The number of nitrogen functional groups attached to an aromatic ring is 1. The molecule has 2 rings (SSSR count). The summed E-state index contributed by atoms with van der Waals surface area (Å²) in [5.74, 6) is 5.42. The second kappa shape index (κ2) is 4.75. The molecule has 0 amide bonds. The van der Waals surface area contributed by atoms with Crippen LogP contribution >= 0.6 is 0 Å². The van der Waals surface area contributed by atoms with Crippen LogP contribution in [0.2, 0.25) is 0 Å². The first-order chi connectivity index (χ1) is 8.26. The summed E-state index contributed by atoms with van der Waals surface area (Å²) in [6.07, 6.45) is 3.01. The summed E-state index contributed by atoms with van der Waals surface area (Å²) in [6, 6.07) is 4.54. The van der Waals surface area contributed by atoms with Crippen molar-refractivity contribution >= 4 is 5.82 Å². The van der Waals surface area contributed by atoms with Crippen LogP contribution in [0.1, 0.15) is 0 Å². The van der Waals surface area contributed by atoms with Crippen LogP contribution in [0.15, 0.2) is 30.6 Å². The molecule has 3 N–H and O–H groups in total. The summed E-state index contributed by atoms with van der Waals surface area (Å²) >= 11 is 0. The molecule has 0 aliphatic rings. The fourth-order valence-electron chi connectivity index (χ4n) is 1.47. The van der Waals surface area contributed by atoms with Gasteiger partial charge in [0.15, 0.2) is 17.4 Å². The van der Waals surface area contributed by atoms with Crippen LogP contribution in [0.4, 0.5) is 10.2 Å². The van der Waals surface area contributed by atoms with Crippen LogP contribution in [0.25, 0.3) is 11.3 Å². The molecule has 5 nitrogen and oxygen atoms in total. The molecular formula is C11H11FN4O. The van der Waals surface area contributed by atoms with Gasteiger partial charge in [-0.05, 0) is 18.2 Å². The van der Waals surface area contributed by atoms with Gasteiger partial charge in [-0.3, -0.25) is 4.98 Å². The Morgan fingerprint density at radius 2 is 2.06 bits per heavy atom. The van der Waals surface area contributed by atoms with E-state index in [0.717, 1.165) is 0 Å². The maximum Gasteiger partial charge on any atom is 0.166 e. The number of methoxy groups -OCH3 is 1. The first-order valence-corrected chi connectivity index (χ1v) is 4.88. The lowest BCUT2D eigenvalue weighted by molar-refractivity contribution is 0.386. The van der Waals surface area contributed by atoms with E-state index < -0.39 is 5.82 Å². The molecule has 0 saturated heterocycles. The topological polar surface area (TPSA) is 73.1 Å². The smallest absolute Gasteiger partial charge is 0.166 e. The Morgan fingerprint density at radius 1 is 1.29 bits per heavy atom. The number of hydrazine groups is 1. The van der Waals surface area contributed by atoms with E-state index in [1.807, 2.05) is 0 Å². The third-order valence-corrected chi connectivity index (χ3v) is 2.26. The molecule has 1 heterocycles. The Balaban J connectivity index is 2.49. The minimum Gasteiger partial charge on any atom is -0.494 e. The molecule has 0 aliphatic carbocycles. The monoisotopic (exact) mass is 234 g/mol. The number of hydrogen-bond acceptors (Lipinski definition) is 5. The van der Waals surface area contributed by atoms with Gasteiger partial charge in [0, 0.05) is 18.0 Å². The number of ether oxygens (including phenoxy) is 1. The Morgan fingerprint density at radius 3 is 2.71 bits per heavy atom. The van der Waals surface area contributed by atoms with Gasteiger partial charge >= 0.3 is 0 Å². The number of benzene rings is 1. The van der Waals surface area contributed by atoms with Crippen molar-refractivity contribution in [3.63, 3.8) is 0 Å². The summed E-state index contributed by atoms with van der Waals surface area (Å²) in [7, 11) is 1.41. The molecule has 0 spiro atoms. The van der Waals surface area contributed by atoms with Gasteiger partial charge in [0.1, 0.15) is 5.69 Å². The highest BCUT2D eigenvalue weighted by molar-refractivity contribution is 5.71. The summed E-state index contributed by atoms with van der Waals surface area (Å²) < 4.78 is 18.4. The number of rotatable bonds is 3. The van der Waals surface area contributed by atoms with Crippen LogP contribution in [-0.2, 0) is 0 Å². The van der Waals surface area contributed by atoms with Crippen LogP contribution in [-0.4, -0.2) is 17.1 Å². The molecule has 0 aliphatic heterocycles. The minimum absolute atomic E-state index is 0.180. The van der Waals surface area contributed by atoms with Crippen LogP contribution in [0.5, 0.6) is 5.75 Å². The zero-order valence-electron chi connectivity index (χ0n) is 9.14. The lowest BCUT2D eigenvalue weighted by atomic mass is 10.1. The second-order valence-corrected chi connectivity index (χ2v) is 3.25. The first kappa shape index (κ1) is 11.3. The molecule has 0 atom stereocenters. The van der Waals surface area contributed by atoms with Crippen molar-refractivity contribution in [1.29, 1.82) is 0 Å². The zero-order chi connectivity index (χ0) is 12.3. The predicted octanol–water partition coefficient (Wildman–Crippen LogP) is 1.58. The van der Waals surface area contributed by atoms with E-state index in [-0.39, 0.29) is 5.75 Å². The van der Waals surface area contributed by atoms with Crippen molar-refractivity contribution in [3.05, 3.63) is 36.4 Å². The van der Waals surface area contributed by atoms with Gasteiger partial charge in [-0.15, -0.1) is 0 Å². The summed E-state index contributed by atoms with van der Waals surface area (Å²) in [5, 5.41) is 0. The quantitative estimate of drug-likeness (QED) is 0.623. The Labute approximate surface area is 97.4 Å². The largest absolute Gasteiger partial charge is 0.494 e. The van der Waals surface area contributed by atoms with Gasteiger partial charge in [-0.25, -0.2) is 15.2 Å². The van der Waals surface area contributed by atoms with Gasteiger partial charge in [0.05, 0.1) is 7.11 Å². The van der Waals surface area contributed by atoms with Crippen LogP contribution < -0.4 is 16.0 Å². The number of nitrogens with one attached hydrogen (secondary N) is 1. The highest BCUT2D eigenvalue weighted by atomic mass is 19.1. The minimum atomic E-state index is -0.460. The highest BCUT2D eigenvalue weighted by Gasteiger charge is 2.10. The van der Waals surface area contributed by atoms with Crippen LogP contribution in [0, 0.1) is 5.82 Å². The fraction of sp³-hybridized carbons (Fsp3) is 0.0909. The molecule has 17 heavy (non-hydrogen) atoms. The number of nitrogens with two attached hydrogens (primary N) is 1. The summed E-state index contributed by atoms with van der Waals surface area (Å²) in [6.45, 7) is 0. The van der Waals surface area contributed by atoms with Crippen LogP contribution in [0.3, 0.4) is 0 Å². The first-order valence-electron chi connectivity index (χ1n) is 4.88. The molecule has 0 unspecified atom stereocenters. The molecule has 2 aromatic rings. The molecule has 1 aromatic carbocycles. The van der Waals surface area contributed by atoms with Gasteiger partial charge in [0.2, 0.25) is 0 Å². The average Bonchev–Trinajstić information content (AvgIpc) is 2.38. The zero-order valence-corrected chi connectivity index (χ0v) is 9.14. The Bertz CT molecular complexity index is 533. The Kier molecular flexibility index (Phi) is 3.15. The molecule has 0 radical (unpaired) electrons. The van der Waals surface area contributed by atoms with E-state index in [0.29, 0.717) is 17.1 Å². The fourth-order valence-corrected chi connectivity index (χ4v) is 1.47. The third-order valence-electron chi connectivity index (χ3n) is 2.26. The summed E-state index contributed by atoms with van der Waals surface area (Å²) in [4.78, 5) is 8.10. The standard InChI is InChI=1S/C11H11FN4O/c1-17-9-3-2-7(6-8(9)12)10-11(16-13)15-5-4-14-10/h2-6H,13H2,1H3,(H,15,16). The molecular weight excluding hydrogens is 223 g/mol. The van der Waals surface area contributed by atoms with Crippen molar-refractivity contribution < 1.29 is 9.13 Å². The normalized spacial score (nSPS) is 10.1. The highest BCUT2D eigenvalue weighted by Crippen LogP contribution is 2.27. The lowest BCUT2D eigenvalue weighted by Gasteiger charge is -2.07. The molecule has 6 heteroatoms. The maximum atomic E-state index is 13.5. The van der Waals surface area contributed by atoms with Crippen molar-refractivity contribution in [3.8, 4) is 17.0 Å². The van der Waals surface area contributed by atoms with E-state index in [4.69, 9.17) is 10.6 Å². The lowest BCUT2D eigenvalue weighted by Crippen LogP contribution is -2.10. The second-order valence-electron chi connectivity index (χ2n) is 3.25. The number of nitrogens with zero attached hydrogens (tertiary/aromatic N) is 2. The van der Waals surface area contributed by atoms with Gasteiger partial charge in [-0.1, -0.05) is 0 Å². The van der Waals surface area contributed by atoms with Crippen molar-refractivity contribution in [2.24, 2.45) is 5.84 Å². The van der Waals surface area contributed by atoms with E-state index in [2.05, 4.69) is 15.4 Å². The van der Waals surface area contributed by atoms with E-state index >= 15 is 0 Å². The van der Waals surface area contributed by atoms with E-state index in [9.17, 15) is 4.39 Å². The number of aromatic nitrogens is 2. The van der Waals surface area contributed by atoms with Gasteiger partial charge in [0.25, 0.3) is 0 Å². The molecule has 1 aromatic heterocycles. The van der Waals surface area contributed by atoms with Gasteiger partial charge in [-0.2, -0.15) is 0 Å².